The molecule has 2 rings (SSSR count). The first-order valence-corrected chi connectivity index (χ1v) is 8.72. The average Bonchev–Trinajstić information content (AvgIpc) is 2.45. The van der Waals surface area contributed by atoms with Gasteiger partial charge in [0.15, 0.2) is 0 Å². The van der Waals surface area contributed by atoms with E-state index < -0.39 is 10.0 Å². The van der Waals surface area contributed by atoms with Gasteiger partial charge in [-0.25, -0.2) is 8.42 Å². The van der Waals surface area contributed by atoms with Crippen molar-refractivity contribution in [1.82, 2.24) is 5.32 Å². The molecule has 0 unspecified atom stereocenters. The molecule has 0 aliphatic carbocycles. The third-order valence-corrected chi connectivity index (χ3v) is 5.07. The summed E-state index contributed by atoms with van der Waals surface area (Å²) in [5, 5.41) is 2.50. The number of anilines is 1. The summed E-state index contributed by atoms with van der Waals surface area (Å²) in [5.74, 6) is -0.277. The van der Waals surface area contributed by atoms with Crippen molar-refractivity contribution in [3.8, 4) is 0 Å². The second-order valence-corrected chi connectivity index (χ2v) is 7.24. The summed E-state index contributed by atoms with van der Waals surface area (Å²) in [7, 11) is -2.19. The van der Waals surface area contributed by atoms with Crippen molar-refractivity contribution in [3.05, 3.63) is 58.1 Å². The number of hydrogen-bond acceptors (Lipinski definition) is 3. The third kappa shape index (κ3) is 3.66. The Morgan fingerprint density at radius 2 is 1.86 bits per heavy atom. The topological polar surface area (TPSA) is 75.3 Å². The molecule has 22 heavy (non-hydrogen) atoms. The van der Waals surface area contributed by atoms with Crippen LogP contribution >= 0.6 is 15.9 Å². The number of amides is 1. The molecule has 0 bridgehead atoms. The Morgan fingerprint density at radius 1 is 1.14 bits per heavy atom. The molecular formula is C15H15BrN2O3S. The van der Waals surface area contributed by atoms with Gasteiger partial charge in [-0.2, -0.15) is 0 Å². The van der Waals surface area contributed by atoms with E-state index in [1.807, 2.05) is 0 Å². The highest BCUT2D eigenvalue weighted by molar-refractivity contribution is 9.10. The molecule has 2 aromatic rings. The lowest BCUT2D eigenvalue weighted by Gasteiger charge is -2.11. The number of hydrogen-bond donors (Lipinski definition) is 2. The van der Waals surface area contributed by atoms with Crippen LogP contribution in [-0.2, 0) is 10.0 Å². The molecule has 0 aromatic heterocycles. The van der Waals surface area contributed by atoms with Gasteiger partial charge in [0.05, 0.1) is 4.90 Å². The fourth-order valence-electron chi connectivity index (χ4n) is 1.99. The van der Waals surface area contributed by atoms with Crippen LogP contribution in [0.25, 0.3) is 0 Å². The normalized spacial score (nSPS) is 11.0. The summed E-state index contributed by atoms with van der Waals surface area (Å²) in [6, 6.07) is 11.3. The van der Waals surface area contributed by atoms with Crippen molar-refractivity contribution in [2.75, 3.05) is 11.8 Å². The first kappa shape index (κ1) is 16.5. The monoisotopic (exact) mass is 382 g/mol. The van der Waals surface area contributed by atoms with Crippen molar-refractivity contribution in [3.63, 3.8) is 0 Å². The average molecular weight is 383 g/mol. The molecule has 7 heteroatoms. The Bertz CT molecular complexity index is 819. The van der Waals surface area contributed by atoms with Crippen LogP contribution in [0.15, 0.2) is 51.8 Å². The Hall–Kier alpha value is -1.86. The van der Waals surface area contributed by atoms with Crippen LogP contribution in [-0.4, -0.2) is 21.4 Å². The van der Waals surface area contributed by atoms with Gasteiger partial charge in [-0.3, -0.25) is 9.52 Å². The molecule has 0 atom stereocenters. The first-order valence-electron chi connectivity index (χ1n) is 6.44. The van der Waals surface area contributed by atoms with Gasteiger partial charge in [-0.05, 0) is 48.9 Å². The molecule has 0 saturated carbocycles. The molecule has 5 nitrogen and oxygen atoms in total. The van der Waals surface area contributed by atoms with Crippen LogP contribution in [0.2, 0.25) is 0 Å². The quantitative estimate of drug-likeness (QED) is 0.853. The van der Waals surface area contributed by atoms with Gasteiger partial charge in [0, 0.05) is 22.8 Å². The second kappa shape index (κ2) is 6.50. The van der Waals surface area contributed by atoms with Gasteiger partial charge < -0.3 is 5.32 Å². The van der Waals surface area contributed by atoms with Gasteiger partial charge in [0.2, 0.25) is 0 Å². The maximum atomic E-state index is 12.5. The molecule has 0 heterocycles. The Labute approximate surface area is 137 Å². The van der Waals surface area contributed by atoms with Crippen molar-refractivity contribution in [1.29, 1.82) is 0 Å². The standard InChI is InChI=1S/C15H15BrN2O3S/c1-10-8-12(16)6-7-14(10)22(20,21)18-13-5-3-4-11(9-13)15(19)17-2/h3-9,18H,1-2H3,(H,17,19). The molecule has 0 radical (unpaired) electrons. The second-order valence-electron chi connectivity index (χ2n) is 4.68. The van der Waals surface area contributed by atoms with Crippen molar-refractivity contribution in [2.24, 2.45) is 0 Å². The molecule has 0 aliphatic rings. The zero-order valence-corrected chi connectivity index (χ0v) is 14.5. The number of sulfonamides is 1. The van der Waals surface area contributed by atoms with Gasteiger partial charge in [0.1, 0.15) is 0 Å². The van der Waals surface area contributed by atoms with Crippen LogP contribution < -0.4 is 10.0 Å². The maximum Gasteiger partial charge on any atom is 0.262 e. The van der Waals surface area contributed by atoms with E-state index in [0.29, 0.717) is 16.8 Å². The lowest BCUT2D eigenvalue weighted by atomic mass is 10.2. The highest BCUT2D eigenvalue weighted by Crippen LogP contribution is 2.23. The van der Waals surface area contributed by atoms with E-state index in [-0.39, 0.29) is 10.8 Å². The van der Waals surface area contributed by atoms with Gasteiger partial charge in [-0.15, -0.1) is 0 Å². The minimum absolute atomic E-state index is 0.195. The number of nitrogens with one attached hydrogen (secondary N) is 2. The molecule has 2 aromatic carbocycles. The minimum atomic E-state index is -3.71. The number of aryl methyl sites for hydroxylation is 1. The number of halogens is 1. The molecule has 0 spiro atoms. The molecule has 2 N–H and O–H groups in total. The van der Waals surface area contributed by atoms with Crippen molar-refractivity contribution in [2.45, 2.75) is 11.8 Å². The summed E-state index contributed by atoms with van der Waals surface area (Å²) < 4.78 is 28.2. The van der Waals surface area contributed by atoms with Gasteiger partial charge >= 0.3 is 0 Å². The van der Waals surface area contributed by atoms with Crippen LogP contribution in [0.5, 0.6) is 0 Å². The number of carbonyl (C=O) groups excluding carboxylic acids is 1. The first-order chi connectivity index (χ1) is 10.3. The SMILES string of the molecule is CNC(=O)c1cccc(NS(=O)(=O)c2ccc(Br)cc2C)c1. The highest BCUT2D eigenvalue weighted by Gasteiger charge is 2.17. The zero-order valence-electron chi connectivity index (χ0n) is 12.1. The van der Waals surface area contributed by atoms with Gasteiger partial charge in [0.25, 0.3) is 15.9 Å². The number of carbonyl (C=O) groups is 1. The maximum absolute atomic E-state index is 12.5. The van der Waals surface area contributed by atoms with Crippen molar-refractivity contribution >= 4 is 37.5 Å². The molecule has 1 amide bonds. The molecule has 0 aliphatic heterocycles. The molecule has 0 fully saturated rings. The Morgan fingerprint density at radius 3 is 2.50 bits per heavy atom. The van der Waals surface area contributed by atoms with Crippen LogP contribution in [0.4, 0.5) is 5.69 Å². The number of benzene rings is 2. The predicted molar refractivity (Wildman–Crippen MR) is 89.5 cm³/mol. The van der Waals surface area contributed by atoms with Crippen LogP contribution in [0, 0.1) is 6.92 Å². The predicted octanol–water partition coefficient (Wildman–Crippen LogP) is 2.92. The summed E-state index contributed by atoms with van der Waals surface area (Å²) in [6.07, 6.45) is 0. The molecule has 116 valence electrons. The fourth-order valence-corrected chi connectivity index (χ4v) is 3.75. The highest BCUT2D eigenvalue weighted by atomic mass is 79.9. The lowest BCUT2D eigenvalue weighted by molar-refractivity contribution is 0.0963. The van der Waals surface area contributed by atoms with Crippen LogP contribution in [0.1, 0.15) is 15.9 Å². The third-order valence-electron chi connectivity index (χ3n) is 3.03. The summed E-state index contributed by atoms with van der Waals surface area (Å²) in [5.41, 5.74) is 1.35. The lowest BCUT2D eigenvalue weighted by Crippen LogP contribution is -2.18. The van der Waals surface area contributed by atoms with E-state index >= 15 is 0 Å². The summed E-state index contributed by atoms with van der Waals surface area (Å²) in [6.45, 7) is 1.72. The molecule has 0 saturated heterocycles. The molecular weight excluding hydrogens is 368 g/mol. The van der Waals surface area contributed by atoms with E-state index in [9.17, 15) is 13.2 Å². The van der Waals surface area contributed by atoms with E-state index in [1.165, 1.54) is 19.2 Å². The minimum Gasteiger partial charge on any atom is -0.355 e. The fraction of sp³-hybridized carbons (Fsp3) is 0.133. The number of rotatable bonds is 4. The van der Waals surface area contributed by atoms with Gasteiger partial charge in [-0.1, -0.05) is 22.0 Å². The van der Waals surface area contributed by atoms with E-state index in [2.05, 4.69) is 26.0 Å². The largest absolute Gasteiger partial charge is 0.355 e. The smallest absolute Gasteiger partial charge is 0.262 e. The van der Waals surface area contributed by atoms with E-state index in [4.69, 9.17) is 0 Å². The Kier molecular flexibility index (Phi) is 4.87. The summed E-state index contributed by atoms with van der Waals surface area (Å²) in [4.78, 5) is 11.8. The Balaban J connectivity index is 2.35. The van der Waals surface area contributed by atoms with Crippen LogP contribution in [0.3, 0.4) is 0 Å². The summed E-state index contributed by atoms with van der Waals surface area (Å²) >= 11 is 3.30. The van der Waals surface area contributed by atoms with E-state index in [0.717, 1.165) is 4.47 Å². The van der Waals surface area contributed by atoms with Crippen molar-refractivity contribution < 1.29 is 13.2 Å². The van der Waals surface area contributed by atoms with E-state index in [1.54, 1.807) is 37.3 Å². The zero-order chi connectivity index (χ0) is 16.3.